The van der Waals surface area contributed by atoms with Crippen LogP contribution in [0.25, 0.3) is 0 Å². The molecule has 1 aromatic rings. The highest BCUT2D eigenvalue weighted by Gasteiger charge is 2.38. The number of carbonyl (C=O) groups excluding carboxylic acids is 2. The minimum Gasteiger partial charge on any atom is -0.356 e. The van der Waals surface area contributed by atoms with Gasteiger partial charge in [0.15, 0.2) is 0 Å². The summed E-state index contributed by atoms with van der Waals surface area (Å²) >= 11 is 0. The summed E-state index contributed by atoms with van der Waals surface area (Å²) in [5.74, 6) is -0.304. The van der Waals surface area contributed by atoms with Gasteiger partial charge in [0.1, 0.15) is 5.82 Å². The highest BCUT2D eigenvalue weighted by molar-refractivity contribution is 5.81. The lowest BCUT2D eigenvalue weighted by atomic mass is 9.99. The topological polar surface area (TPSA) is 61.4 Å². The van der Waals surface area contributed by atoms with Crippen molar-refractivity contribution in [3.05, 3.63) is 35.6 Å². The highest BCUT2D eigenvalue weighted by Crippen LogP contribution is 2.31. The number of urea groups is 1. The lowest BCUT2D eigenvalue weighted by molar-refractivity contribution is -0.126. The molecule has 0 radical (unpaired) electrons. The van der Waals surface area contributed by atoms with Crippen LogP contribution in [0.4, 0.5) is 9.18 Å². The summed E-state index contributed by atoms with van der Waals surface area (Å²) in [6.07, 6.45) is 5.60. The molecule has 1 heterocycles. The van der Waals surface area contributed by atoms with E-state index >= 15 is 0 Å². The Labute approximate surface area is 148 Å². The SMILES string of the molecule is O=C1NCCCCCN(C(=O)NCc2ccc(F)cc2)[C@H]2CCC[C@@H]12. The number of carbonyl (C=O) groups is 2. The molecule has 2 aliphatic rings. The first-order valence-corrected chi connectivity index (χ1v) is 9.22. The minimum absolute atomic E-state index is 0.0219. The molecule has 1 aliphatic heterocycles. The fourth-order valence-electron chi connectivity index (χ4n) is 3.85. The predicted octanol–water partition coefficient (Wildman–Crippen LogP) is 2.81. The predicted molar refractivity (Wildman–Crippen MR) is 93.3 cm³/mol. The Balaban J connectivity index is 1.66. The third kappa shape index (κ3) is 4.50. The number of benzene rings is 1. The van der Waals surface area contributed by atoms with Gasteiger partial charge in [0.25, 0.3) is 0 Å². The fourth-order valence-corrected chi connectivity index (χ4v) is 3.85. The number of fused-ring (bicyclic) bond motifs is 1. The number of hydrogen-bond donors (Lipinski definition) is 2. The Bertz CT molecular complexity index is 605. The van der Waals surface area contributed by atoms with Gasteiger partial charge in [0.2, 0.25) is 5.91 Å². The Hall–Kier alpha value is -2.11. The van der Waals surface area contributed by atoms with Crippen molar-refractivity contribution in [2.75, 3.05) is 13.1 Å². The summed E-state index contributed by atoms with van der Waals surface area (Å²) in [4.78, 5) is 27.0. The average molecular weight is 347 g/mol. The van der Waals surface area contributed by atoms with Crippen molar-refractivity contribution in [3.8, 4) is 0 Å². The molecular weight excluding hydrogens is 321 g/mol. The molecule has 1 saturated carbocycles. The van der Waals surface area contributed by atoms with E-state index in [1.807, 2.05) is 4.90 Å². The summed E-state index contributed by atoms with van der Waals surface area (Å²) < 4.78 is 13.0. The van der Waals surface area contributed by atoms with Gasteiger partial charge in [0, 0.05) is 25.7 Å². The van der Waals surface area contributed by atoms with Gasteiger partial charge >= 0.3 is 6.03 Å². The quantitative estimate of drug-likeness (QED) is 0.864. The summed E-state index contributed by atoms with van der Waals surface area (Å²) in [6, 6.07) is 5.97. The van der Waals surface area contributed by atoms with Gasteiger partial charge in [-0.2, -0.15) is 0 Å². The maximum Gasteiger partial charge on any atom is 0.317 e. The van der Waals surface area contributed by atoms with Crippen molar-refractivity contribution in [2.24, 2.45) is 5.92 Å². The number of halogens is 1. The number of amides is 3. The third-order valence-corrected chi connectivity index (χ3v) is 5.21. The normalized spacial score (nSPS) is 24.4. The molecule has 3 amide bonds. The van der Waals surface area contributed by atoms with Gasteiger partial charge in [-0.3, -0.25) is 4.79 Å². The molecule has 0 aromatic heterocycles. The second-order valence-corrected chi connectivity index (χ2v) is 6.93. The molecule has 3 rings (SSSR count). The molecule has 2 atom stereocenters. The van der Waals surface area contributed by atoms with Crippen LogP contribution in [0, 0.1) is 11.7 Å². The van der Waals surface area contributed by atoms with Crippen molar-refractivity contribution in [3.63, 3.8) is 0 Å². The molecule has 0 bridgehead atoms. The summed E-state index contributed by atoms with van der Waals surface area (Å²) in [5, 5.41) is 5.95. The Kier molecular flexibility index (Phi) is 5.89. The first-order valence-electron chi connectivity index (χ1n) is 9.22. The van der Waals surface area contributed by atoms with E-state index < -0.39 is 0 Å². The minimum atomic E-state index is -0.286. The van der Waals surface area contributed by atoms with Crippen LogP contribution in [0.5, 0.6) is 0 Å². The van der Waals surface area contributed by atoms with Crippen LogP contribution in [0.1, 0.15) is 44.1 Å². The van der Waals surface area contributed by atoms with E-state index in [9.17, 15) is 14.0 Å². The lowest BCUT2D eigenvalue weighted by Crippen LogP contribution is -2.51. The largest absolute Gasteiger partial charge is 0.356 e. The van der Waals surface area contributed by atoms with Crippen molar-refractivity contribution in [1.29, 1.82) is 0 Å². The van der Waals surface area contributed by atoms with E-state index in [1.54, 1.807) is 12.1 Å². The van der Waals surface area contributed by atoms with Gasteiger partial charge in [0.05, 0.1) is 5.92 Å². The second kappa shape index (κ2) is 8.32. The summed E-state index contributed by atoms with van der Waals surface area (Å²) in [6.45, 7) is 1.78. The van der Waals surface area contributed by atoms with Gasteiger partial charge in [-0.05, 0) is 49.8 Å². The average Bonchev–Trinajstić information content (AvgIpc) is 3.09. The van der Waals surface area contributed by atoms with Crippen LogP contribution in [-0.2, 0) is 11.3 Å². The number of nitrogens with zero attached hydrogens (tertiary/aromatic N) is 1. The molecule has 1 aliphatic carbocycles. The molecule has 6 heteroatoms. The maximum atomic E-state index is 13.0. The van der Waals surface area contributed by atoms with Crippen LogP contribution in [0.2, 0.25) is 0 Å². The van der Waals surface area contributed by atoms with E-state index in [-0.39, 0.29) is 29.7 Å². The van der Waals surface area contributed by atoms with Crippen molar-refractivity contribution < 1.29 is 14.0 Å². The Morgan fingerprint density at radius 1 is 1.16 bits per heavy atom. The van der Waals surface area contributed by atoms with Crippen LogP contribution in [0.15, 0.2) is 24.3 Å². The van der Waals surface area contributed by atoms with Gasteiger partial charge in [-0.15, -0.1) is 0 Å². The number of rotatable bonds is 2. The monoisotopic (exact) mass is 347 g/mol. The third-order valence-electron chi connectivity index (χ3n) is 5.21. The molecule has 5 nitrogen and oxygen atoms in total. The Morgan fingerprint density at radius 3 is 2.76 bits per heavy atom. The van der Waals surface area contributed by atoms with Gasteiger partial charge in [-0.25, -0.2) is 9.18 Å². The van der Waals surface area contributed by atoms with E-state index in [0.717, 1.165) is 50.6 Å². The van der Waals surface area contributed by atoms with E-state index in [2.05, 4.69) is 10.6 Å². The van der Waals surface area contributed by atoms with E-state index in [1.165, 1.54) is 12.1 Å². The highest BCUT2D eigenvalue weighted by atomic mass is 19.1. The first-order chi connectivity index (χ1) is 12.1. The van der Waals surface area contributed by atoms with Crippen LogP contribution < -0.4 is 10.6 Å². The van der Waals surface area contributed by atoms with Gasteiger partial charge in [-0.1, -0.05) is 18.6 Å². The smallest absolute Gasteiger partial charge is 0.317 e. The molecule has 2 fully saturated rings. The molecule has 25 heavy (non-hydrogen) atoms. The first kappa shape index (κ1) is 17.7. The summed E-state index contributed by atoms with van der Waals surface area (Å²) in [7, 11) is 0. The van der Waals surface area contributed by atoms with E-state index in [4.69, 9.17) is 0 Å². The summed E-state index contributed by atoms with van der Waals surface area (Å²) in [5.41, 5.74) is 0.858. The number of hydrogen-bond acceptors (Lipinski definition) is 2. The van der Waals surface area contributed by atoms with Crippen molar-refractivity contribution >= 4 is 11.9 Å². The standard InChI is InChI=1S/C19H26FN3O2/c20-15-9-7-14(8-10-15)13-22-19(25)23-12-3-1-2-11-21-18(24)16-5-4-6-17(16)23/h7-10,16-17H,1-6,11-13H2,(H,21,24)(H,22,25)/t16-,17+/m1/s1. The molecule has 0 spiro atoms. The zero-order valence-corrected chi connectivity index (χ0v) is 14.5. The van der Waals surface area contributed by atoms with Crippen LogP contribution >= 0.6 is 0 Å². The number of nitrogens with one attached hydrogen (secondary N) is 2. The Morgan fingerprint density at radius 2 is 1.96 bits per heavy atom. The van der Waals surface area contributed by atoms with Gasteiger partial charge < -0.3 is 15.5 Å². The fraction of sp³-hybridized carbons (Fsp3) is 0.579. The second-order valence-electron chi connectivity index (χ2n) is 6.93. The molecule has 2 N–H and O–H groups in total. The van der Waals surface area contributed by atoms with Crippen molar-refractivity contribution in [2.45, 2.75) is 51.1 Å². The van der Waals surface area contributed by atoms with Crippen LogP contribution in [-0.4, -0.2) is 36.0 Å². The van der Waals surface area contributed by atoms with Crippen LogP contribution in [0.3, 0.4) is 0 Å². The zero-order valence-electron chi connectivity index (χ0n) is 14.5. The molecule has 1 saturated heterocycles. The molecule has 136 valence electrons. The molecule has 1 aromatic carbocycles. The molecule has 0 unspecified atom stereocenters. The molecular formula is C19H26FN3O2. The van der Waals surface area contributed by atoms with E-state index in [0.29, 0.717) is 13.1 Å². The zero-order chi connectivity index (χ0) is 17.6. The van der Waals surface area contributed by atoms with Crippen molar-refractivity contribution in [1.82, 2.24) is 15.5 Å². The lowest BCUT2D eigenvalue weighted by Gasteiger charge is -2.33. The maximum absolute atomic E-state index is 13.0.